The molecule has 1 unspecified atom stereocenters. The third kappa shape index (κ3) is 3.68. The van der Waals surface area contributed by atoms with E-state index in [9.17, 15) is 28.8 Å². The number of nitro groups is 1. The van der Waals surface area contributed by atoms with E-state index in [0.29, 0.717) is 18.6 Å². The number of benzene rings is 1. The Bertz CT molecular complexity index is 508. The van der Waals surface area contributed by atoms with E-state index in [0.717, 1.165) is 0 Å². The smallest absolute Gasteiger partial charge is 0.307 e. The van der Waals surface area contributed by atoms with Gasteiger partial charge in [0, 0.05) is 6.54 Å². The number of hydrogen-bond donors (Lipinski definition) is 2. The molecule has 19 heavy (non-hydrogen) atoms. The van der Waals surface area contributed by atoms with Gasteiger partial charge in [0.05, 0.1) is 22.7 Å². The fourth-order valence-electron chi connectivity index (χ4n) is 1.30. The average Bonchev–Trinajstić information content (AvgIpc) is 2.37. The van der Waals surface area contributed by atoms with Crippen LogP contribution in [0.4, 0.5) is 14.5 Å². The maximum atomic E-state index is 13.5. The van der Waals surface area contributed by atoms with Crippen LogP contribution in [-0.2, 0) is 0 Å². The van der Waals surface area contributed by atoms with Crippen LogP contribution < -0.4 is 5.32 Å². The van der Waals surface area contributed by atoms with Gasteiger partial charge in [0.25, 0.3) is 5.91 Å². The van der Waals surface area contributed by atoms with E-state index in [-0.39, 0.29) is 6.54 Å². The molecule has 0 aliphatic carbocycles. The van der Waals surface area contributed by atoms with Crippen molar-refractivity contribution in [2.75, 3.05) is 6.54 Å². The molecule has 8 heteroatoms. The number of rotatable bonds is 5. The third-order valence-corrected chi connectivity index (χ3v) is 2.45. The predicted octanol–water partition coefficient (Wildman–Crippen LogP) is 1.37. The first-order valence-electron chi connectivity index (χ1n) is 5.46. The van der Waals surface area contributed by atoms with Crippen LogP contribution in [0.3, 0.4) is 0 Å². The highest BCUT2D eigenvalue weighted by molar-refractivity contribution is 5.94. The van der Waals surface area contributed by atoms with Gasteiger partial charge >= 0.3 is 5.69 Å². The van der Waals surface area contributed by atoms with Crippen LogP contribution in [0.2, 0.25) is 0 Å². The summed E-state index contributed by atoms with van der Waals surface area (Å²) >= 11 is 0. The lowest BCUT2D eigenvalue weighted by molar-refractivity contribution is -0.387. The molecule has 0 radical (unpaired) electrons. The zero-order chi connectivity index (χ0) is 14.6. The van der Waals surface area contributed by atoms with Crippen molar-refractivity contribution in [2.45, 2.75) is 19.4 Å². The molecular formula is C11H12F2N2O4. The van der Waals surface area contributed by atoms with Gasteiger partial charge in [0.15, 0.2) is 0 Å². The molecule has 6 nitrogen and oxygen atoms in total. The number of hydrogen-bond acceptors (Lipinski definition) is 4. The first-order valence-corrected chi connectivity index (χ1v) is 5.46. The second-order valence-electron chi connectivity index (χ2n) is 3.81. The van der Waals surface area contributed by atoms with Gasteiger partial charge in [-0.15, -0.1) is 0 Å². The molecule has 0 fully saturated rings. The Morgan fingerprint density at radius 1 is 1.47 bits per heavy atom. The van der Waals surface area contributed by atoms with Gasteiger partial charge < -0.3 is 10.4 Å². The van der Waals surface area contributed by atoms with E-state index in [2.05, 4.69) is 5.32 Å². The van der Waals surface area contributed by atoms with Crippen molar-refractivity contribution in [3.05, 3.63) is 39.4 Å². The summed E-state index contributed by atoms with van der Waals surface area (Å²) in [6.07, 6.45) is -0.410. The Morgan fingerprint density at radius 3 is 2.63 bits per heavy atom. The minimum absolute atomic E-state index is 0.118. The van der Waals surface area contributed by atoms with Gasteiger partial charge in [0.2, 0.25) is 5.82 Å². The van der Waals surface area contributed by atoms with Gasteiger partial charge in [-0.2, -0.15) is 4.39 Å². The average molecular weight is 274 g/mol. The summed E-state index contributed by atoms with van der Waals surface area (Å²) in [4.78, 5) is 20.8. The van der Waals surface area contributed by atoms with Crippen LogP contribution in [0.5, 0.6) is 0 Å². The zero-order valence-electron chi connectivity index (χ0n) is 10.0. The highest BCUT2D eigenvalue weighted by Crippen LogP contribution is 2.21. The second-order valence-corrected chi connectivity index (χ2v) is 3.81. The lowest BCUT2D eigenvalue weighted by atomic mass is 10.1. The van der Waals surface area contributed by atoms with Crippen LogP contribution in [0, 0.1) is 21.7 Å². The lowest BCUT2D eigenvalue weighted by Gasteiger charge is -2.10. The Labute approximate surface area is 107 Å². The fourth-order valence-corrected chi connectivity index (χ4v) is 1.30. The summed E-state index contributed by atoms with van der Waals surface area (Å²) in [7, 11) is 0. The predicted molar refractivity (Wildman–Crippen MR) is 61.6 cm³/mol. The van der Waals surface area contributed by atoms with Crippen molar-refractivity contribution >= 4 is 11.6 Å². The lowest BCUT2D eigenvalue weighted by Crippen LogP contribution is -2.32. The van der Waals surface area contributed by atoms with Gasteiger partial charge in [-0.05, 0) is 12.5 Å². The van der Waals surface area contributed by atoms with Crippen molar-refractivity contribution in [3.63, 3.8) is 0 Å². The van der Waals surface area contributed by atoms with E-state index in [1.807, 2.05) is 0 Å². The van der Waals surface area contributed by atoms with E-state index in [1.165, 1.54) is 0 Å². The van der Waals surface area contributed by atoms with Crippen molar-refractivity contribution in [1.29, 1.82) is 0 Å². The SMILES string of the molecule is CCC(O)CNC(=O)c1cc(F)c([N+](=O)[O-])cc1F. The molecule has 104 valence electrons. The van der Waals surface area contributed by atoms with Gasteiger partial charge in [-0.1, -0.05) is 6.92 Å². The number of aliphatic hydroxyl groups is 1. The molecule has 1 atom stereocenters. The topological polar surface area (TPSA) is 92.5 Å². The van der Waals surface area contributed by atoms with E-state index >= 15 is 0 Å². The number of nitrogens with zero attached hydrogens (tertiary/aromatic N) is 1. The number of halogens is 2. The first-order chi connectivity index (χ1) is 8.86. The quantitative estimate of drug-likeness (QED) is 0.626. The standard InChI is InChI=1S/C11H12F2N2O4/c1-2-6(16)5-14-11(17)7-3-9(13)10(15(18)19)4-8(7)12/h3-4,6,16H,2,5H2,1H3,(H,14,17). The molecule has 0 spiro atoms. The fraction of sp³-hybridized carbons (Fsp3) is 0.364. The number of aliphatic hydroxyl groups excluding tert-OH is 1. The largest absolute Gasteiger partial charge is 0.391 e. The molecule has 1 amide bonds. The van der Waals surface area contributed by atoms with E-state index < -0.39 is 39.8 Å². The Kier molecular flexibility index (Phi) is 4.87. The molecule has 1 aromatic carbocycles. The molecule has 0 aliphatic rings. The molecule has 1 aromatic rings. The molecule has 0 heterocycles. The van der Waals surface area contributed by atoms with Gasteiger partial charge in [0.1, 0.15) is 5.82 Å². The Hall–Kier alpha value is -2.09. The molecular weight excluding hydrogens is 262 g/mol. The highest BCUT2D eigenvalue weighted by atomic mass is 19.1. The Morgan fingerprint density at radius 2 is 2.11 bits per heavy atom. The Balaban J connectivity index is 2.92. The summed E-state index contributed by atoms with van der Waals surface area (Å²) in [5.74, 6) is -3.44. The maximum Gasteiger partial charge on any atom is 0.307 e. The van der Waals surface area contributed by atoms with Gasteiger partial charge in [-0.3, -0.25) is 14.9 Å². The summed E-state index contributed by atoms with van der Waals surface area (Å²) in [6, 6.07) is 0.807. The molecule has 2 N–H and O–H groups in total. The molecule has 0 aromatic heterocycles. The third-order valence-electron chi connectivity index (χ3n) is 2.45. The molecule has 0 aliphatic heterocycles. The number of carbonyl (C=O) groups is 1. The molecule has 0 saturated carbocycles. The number of amides is 1. The van der Waals surface area contributed by atoms with Crippen LogP contribution in [-0.4, -0.2) is 28.6 Å². The molecule has 1 rings (SSSR count). The van der Waals surface area contributed by atoms with Gasteiger partial charge in [-0.25, -0.2) is 4.39 Å². The van der Waals surface area contributed by atoms with Crippen molar-refractivity contribution in [2.24, 2.45) is 0 Å². The van der Waals surface area contributed by atoms with E-state index in [4.69, 9.17) is 0 Å². The number of nitrogens with one attached hydrogen (secondary N) is 1. The maximum absolute atomic E-state index is 13.5. The second kappa shape index (κ2) is 6.19. The van der Waals surface area contributed by atoms with Crippen molar-refractivity contribution in [1.82, 2.24) is 5.32 Å². The minimum Gasteiger partial charge on any atom is -0.391 e. The summed E-state index contributed by atoms with van der Waals surface area (Å²) in [5.41, 5.74) is -1.69. The molecule has 0 bridgehead atoms. The van der Waals surface area contributed by atoms with Crippen molar-refractivity contribution < 1.29 is 23.6 Å². The zero-order valence-corrected chi connectivity index (χ0v) is 10.0. The normalized spacial score (nSPS) is 12.0. The van der Waals surface area contributed by atoms with Crippen LogP contribution >= 0.6 is 0 Å². The van der Waals surface area contributed by atoms with Crippen LogP contribution in [0.1, 0.15) is 23.7 Å². The van der Waals surface area contributed by atoms with Crippen LogP contribution in [0.15, 0.2) is 12.1 Å². The van der Waals surface area contributed by atoms with Crippen molar-refractivity contribution in [3.8, 4) is 0 Å². The van der Waals surface area contributed by atoms with E-state index in [1.54, 1.807) is 6.92 Å². The van der Waals surface area contributed by atoms with Crippen LogP contribution in [0.25, 0.3) is 0 Å². The summed E-state index contributed by atoms with van der Waals surface area (Å²) in [6.45, 7) is 1.57. The molecule has 0 saturated heterocycles. The summed E-state index contributed by atoms with van der Waals surface area (Å²) < 4.78 is 26.7. The minimum atomic E-state index is -1.30. The summed E-state index contributed by atoms with van der Waals surface area (Å²) in [5, 5.41) is 21.8. The monoisotopic (exact) mass is 274 g/mol. The number of carbonyl (C=O) groups excluding carboxylic acids is 1. The number of nitro benzene ring substituents is 1. The first kappa shape index (κ1) is 15.0. The highest BCUT2D eigenvalue weighted by Gasteiger charge is 2.22.